The van der Waals surface area contributed by atoms with E-state index < -0.39 is 0 Å². The fourth-order valence-corrected chi connectivity index (χ4v) is 3.06. The quantitative estimate of drug-likeness (QED) is 0.638. The van der Waals surface area contributed by atoms with Crippen molar-refractivity contribution in [1.29, 1.82) is 0 Å². The number of aryl methyl sites for hydroxylation is 1. The molecule has 1 aromatic carbocycles. The van der Waals surface area contributed by atoms with Crippen molar-refractivity contribution in [2.45, 2.75) is 51.7 Å². The number of hydrogen-bond acceptors (Lipinski definition) is 4. The van der Waals surface area contributed by atoms with Crippen LogP contribution >= 0.6 is 0 Å². The lowest BCUT2D eigenvalue weighted by Gasteiger charge is -2.29. The number of hydrogen-bond donors (Lipinski definition) is 3. The number of carbonyl (C=O) groups excluding carboxylic acids is 1. The number of aliphatic hydroxyl groups is 1. The van der Waals surface area contributed by atoms with Gasteiger partial charge in [0.1, 0.15) is 0 Å². The van der Waals surface area contributed by atoms with E-state index in [0.717, 1.165) is 56.7 Å². The molecule has 0 bridgehead atoms. The second-order valence-electron chi connectivity index (χ2n) is 6.85. The van der Waals surface area contributed by atoms with Crippen LogP contribution in [0.15, 0.2) is 24.3 Å². The highest BCUT2D eigenvalue weighted by Gasteiger charge is 2.16. The molecule has 3 N–H and O–H groups in total. The number of likely N-dealkylation sites (tertiary alicyclic amines) is 1. The third-order valence-electron chi connectivity index (χ3n) is 4.61. The molecule has 1 amide bonds. The molecule has 5 heteroatoms. The average Bonchev–Trinajstić information content (AvgIpc) is 2.55. The molecule has 0 radical (unpaired) electrons. The van der Waals surface area contributed by atoms with Gasteiger partial charge in [0.15, 0.2) is 0 Å². The van der Waals surface area contributed by atoms with Gasteiger partial charge in [0.05, 0.1) is 6.10 Å². The molecule has 0 saturated carbocycles. The largest absolute Gasteiger partial charge is 0.393 e. The van der Waals surface area contributed by atoms with Gasteiger partial charge in [-0.2, -0.15) is 0 Å². The first-order chi connectivity index (χ1) is 11.5. The normalized spacial score (nSPS) is 17.6. The zero-order chi connectivity index (χ0) is 17.4. The lowest BCUT2D eigenvalue weighted by Crippen LogP contribution is -2.38. The van der Waals surface area contributed by atoms with Gasteiger partial charge in [-0.15, -0.1) is 0 Å². The number of nitrogens with one attached hydrogen (secondary N) is 2. The minimum atomic E-state index is -0.105. The lowest BCUT2D eigenvalue weighted by molar-refractivity contribution is -0.116. The van der Waals surface area contributed by atoms with Crippen LogP contribution in [0.5, 0.6) is 0 Å². The summed E-state index contributed by atoms with van der Waals surface area (Å²) in [5.41, 5.74) is 1.97. The topological polar surface area (TPSA) is 64.6 Å². The summed E-state index contributed by atoms with van der Waals surface area (Å²) in [6.45, 7) is 8.01. The van der Waals surface area contributed by atoms with Gasteiger partial charge < -0.3 is 20.6 Å². The number of piperidine rings is 1. The summed E-state index contributed by atoms with van der Waals surface area (Å²) in [7, 11) is 0. The zero-order valence-electron chi connectivity index (χ0n) is 14.9. The zero-order valence-corrected chi connectivity index (χ0v) is 14.9. The van der Waals surface area contributed by atoms with Crippen molar-refractivity contribution >= 4 is 11.6 Å². The highest BCUT2D eigenvalue weighted by Crippen LogP contribution is 2.13. The molecule has 1 unspecified atom stereocenters. The highest BCUT2D eigenvalue weighted by molar-refractivity contribution is 5.91. The molecule has 1 aromatic rings. The van der Waals surface area contributed by atoms with Gasteiger partial charge in [-0.1, -0.05) is 18.2 Å². The monoisotopic (exact) mass is 333 g/mol. The van der Waals surface area contributed by atoms with E-state index in [1.54, 1.807) is 0 Å². The van der Waals surface area contributed by atoms with Gasteiger partial charge in [0.25, 0.3) is 0 Å². The van der Waals surface area contributed by atoms with E-state index >= 15 is 0 Å². The van der Waals surface area contributed by atoms with Crippen molar-refractivity contribution in [3.63, 3.8) is 0 Å². The maximum Gasteiger partial charge on any atom is 0.225 e. The predicted molar refractivity (Wildman–Crippen MR) is 98.2 cm³/mol. The molecule has 0 aromatic heterocycles. The second-order valence-corrected chi connectivity index (χ2v) is 6.85. The van der Waals surface area contributed by atoms with Crippen LogP contribution in [-0.4, -0.2) is 54.2 Å². The molecule has 1 aliphatic heterocycles. The minimum absolute atomic E-state index is 0.0503. The number of benzene rings is 1. The molecule has 2 rings (SSSR count). The molecule has 1 atom stereocenters. The Morgan fingerprint density at radius 1 is 1.33 bits per heavy atom. The number of amides is 1. The Labute approximate surface area is 145 Å². The molecule has 0 spiro atoms. The fraction of sp³-hybridized carbons (Fsp3) is 0.632. The van der Waals surface area contributed by atoms with Crippen LogP contribution in [0.3, 0.4) is 0 Å². The van der Waals surface area contributed by atoms with Crippen LogP contribution < -0.4 is 10.6 Å². The van der Waals surface area contributed by atoms with E-state index in [4.69, 9.17) is 0 Å². The number of anilines is 1. The van der Waals surface area contributed by atoms with Gasteiger partial charge >= 0.3 is 0 Å². The first-order valence-corrected chi connectivity index (χ1v) is 9.04. The standard InChI is InChI=1S/C19H31N3O2/c1-15-6-3-4-7-18(15)21-19(24)14-16(2)20-10-5-11-22-12-8-17(23)9-13-22/h3-4,6-7,16-17,20,23H,5,8-14H2,1-2H3,(H,21,24). The molecular weight excluding hydrogens is 302 g/mol. The van der Waals surface area contributed by atoms with E-state index in [-0.39, 0.29) is 18.1 Å². The van der Waals surface area contributed by atoms with Crippen LogP contribution in [-0.2, 0) is 4.79 Å². The number of nitrogens with zero attached hydrogens (tertiary/aromatic N) is 1. The summed E-state index contributed by atoms with van der Waals surface area (Å²) in [6, 6.07) is 8.00. The van der Waals surface area contributed by atoms with Gasteiger partial charge in [-0.25, -0.2) is 0 Å². The molecule has 1 fully saturated rings. The van der Waals surface area contributed by atoms with E-state index in [0.29, 0.717) is 6.42 Å². The molecule has 1 heterocycles. The molecule has 5 nitrogen and oxygen atoms in total. The van der Waals surface area contributed by atoms with Gasteiger partial charge in [-0.3, -0.25) is 4.79 Å². The van der Waals surface area contributed by atoms with E-state index in [2.05, 4.69) is 22.5 Å². The third kappa shape index (κ3) is 6.59. The Kier molecular flexibility index (Phi) is 7.69. The molecule has 24 heavy (non-hydrogen) atoms. The Bertz CT molecular complexity index is 513. The molecule has 0 aliphatic carbocycles. The first-order valence-electron chi connectivity index (χ1n) is 9.04. The van der Waals surface area contributed by atoms with Crippen LogP contribution in [0.2, 0.25) is 0 Å². The van der Waals surface area contributed by atoms with Crippen LogP contribution in [0.1, 0.15) is 38.2 Å². The third-order valence-corrected chi connectivity index (χ3v) is 4.61. The summed E-state index contributed by atoms with van der Waals surface area (Å²) >= 11 is 0. The number of rotatable bonds is 8. The van der Waals surface area contributed by atoms with Crippen molar-refractivity contribution < 1.29 is 9.90 Å². The van der Waals surface area contributed by atoms with Gasteiger partial charge in [0, 0.05) is 31.2 Å². The van der Waals surface area contributed by atoms with E-state index in [9.17, 15) is 9.90 Å². The van der Waals surface area contributed by atoms with Crippen molar-refractivity contribution in [1.82, 2.24) is 10.2 Å². The minimum Gasteiger partial charge on any atom is -0.393 e. The number of para-hydroxylation sites is 1. The van der Waals surface area contributed by atoms with Crippen molar-refractivity contribution in [3.05, 3.63) is 29.8 Å². The van der Waals surface area contributed by atoms with Crippen LogP contribution in [0.25, 0.3) is 0 Å². The summed E-state index contributed by atoms with van der Waals surface area (Å²) in [5.74, 6) is 0.0503. The smallest absolute Gasteiger partial charge is 0.225 e. The maximum absolute atomic E-state index is 12.1. The molecule has 1 aliphatic rings. The molecule has 134 valence electrons. The Hall–Kier alpha value is -1.43. The van der Waals surface area contributed by atoms with Crippen LogP contribution in [0, 0.1) is 6.92 Å². The summed E-state index contributed by atoms with van der Waals surface area (Å²) in [6.07, 6.45) is 3.22. The average molecular weight is 333 g/mol. The van der Waals surface area contributed by atoms with Gasteiger partial charge in [0.2, 0.25) is 5.91 Å². The fourth-order valence-electron chi connectivity index (χ4n) is 3.06. The Morgan fingerprint density at radius 2 is 2.04 bits per heavy atom. The van der Waals surface area contributed by atoms with Crippen molar-refractivity contribution in [3.8, 4) is 0 Å². The summed E-state index contributed by atoms with van der Waals surface area (Å²) < 4.78 is 0. The number of aliphatic hydroxyl groups excluding tert-OH is 1. The Morgan fingerprint density at radius 3 is 2.75 bits per heavy atom. The van der Waals surface area contributed by atoms with E-state index in [1.807, 2.05) is 31.2 Å². The molecule has 1 saturated heterocycles. The molecular formula is C19H31N3O2. The van der Waals surface area contributed by atoms with Crippen molar-refractivity contribution in [2.75, 3.05) is 31.5 Å². The van der Waals surface area contributed by atoms with Crippen molar-refractivity contribution in [2.24, 2.45) is 0 Å². The van der Waals surface area contributed by atoms with Gasteiger partial charge in [-0.05, 0) is 57.8 Å². The van der Waals surface area contributed by atoms with E-state index in [1.165, 1.54) is 0 Å². The Balaban J connectivity index is 1.58. The lowest BCUT2D eigenvalue weighted by atomic mass is 10.1. The SMILES string of the molecule is Cc1ccccc1NC(=O)CC(C)NCCCN1CCC(O)CC1. The summed E-state index contributed by atoms with van der Waals surface area (Å²) in [5, 5.41) is 15.9. The maximum atomic E-state index is 12.1. The predicted octanol–water partition coefficient (Wildman–Crippen LogP) is 2.15. The first kappa shape index (κ1) is 18.9. The van der Waals surface area contributed by atoms with Crippen LogP contribution in [0.4, 0.5) is 5.69 Å². The summed E-state index contributed by atoms with van der Waals surface area (Å²) in [4.78, 5) is 14.5. The number of carbonyl (C=O) groups is 1. The second kappa shape index (κ2) is 9.77. The highest BCUT2D eigenvalue weighted by atomic mass is 16.3.